The van der Waals surface area contributed by atoms with E-state index in [9.17, 15) is 4.79 Å². The molecule has 7 heteroatoms. The van der Waals surface area contributed by atoms with Gasteiger partial charge in [0.15, 0.2) is 16.7 Å². The van der Waals surface area contributed by atoms with Gasteiger partial charge in [0.2, 0.25) is 5.91 Å². The third kappa shape index (κ3) is 3.04. The standard InChI is InChI=1S/C13H18N4O2S/c1-4-17(5-2)11(18)9-20-13-15-14-12(16(13)3)10-7-6-8-19-10/h6-8H,4-5,9H2,1-3H3. The van der Waals surface area contributed by atoms with Gasteiger partial charge in [-0.2, -0.15) is 0 Å². The van der Waals surface area contributed by atoms with E-state index < -0.39 is 0 Å². The zero-order valence-electron chi connectivity index (χ0n) is 11.9. The first-order valence-corrected chi connectivity index (χ1v) is 7.49. The topological polar surface area (TPSA) is 64.2 Å². The lowest BCUT2D eigenvalue weighted by molar-refractivity contribution is -0.127. The first-order valence-electron chi connectivity index (χ1n) is 6.51. The molecule has 108 valence electrons. The number of rotatable bonds is 6. The van der Waals surface area contributed by atoms with Gasteiger partial charge < -0.3 is 13.9 Å². The normalized spacial score (nSPS) is 10.8. The molecule has 2 aromatic rings. The Hall–Kier alpha value is -1.76. The first-order chi connectivity index (χ1) is 9.67. The Morgan fingerprint density at radius 3 is 2.75 bits per heavy atom. The predicted octanol–water partition coefficient (Wildman–Crippen LogP) is 2.04. The van der Waals surface area contributed by atoms with Crippen LogP contribution in [0.2, 0.25) is 0 Å². The molecular weight excluding hydrogens is 276 g/mol. The maximum atomic E-state index is 12.0. The highest BCUT2D eigenvalue weighted by molar-refractivity contribution is 7.99. The molecule has 0 unspecified atom stereocenters. The second kappa shape index (κ2) is 6.60. The minimum atomic E-state index is 0.113. The fourth-order valence-electron chi connectivity index (χ4n) is 1.85. The summed E-state index contributed by atoms with van der Waals surface area (Å²) in [5.41, 5.74) is 0. The molecule has 1 amide bonds. The van der Waals surface area contributed by atoms with Gasteiger partial charge in [-0.25, -0.2) is 0 Å². The van der Waals surface area contributed by atoms with Crippen molar-refractivity contribution < 1.29 is 9.21 Å². The van der Waals surface area contributed by atoms with Crippen LogP contribution in [0.1, 0.15) is 13.8 Å². The Bertz CT molecular complexity index is 561. The molecule has 0 atom stereocenters. The smallest absolute Gasteiger partial charge is 0.233 e. The second-order valence-corrected chi connectivity index (χ2v) is 5.14. The molecule has 2 heterocycles. The van der Waals surface area contributed by atoms with E-state index in [-0.39, 0.29) is 5.91 Å². The molecule has 0 spiro atoms. The van der Waals surface area contributed by atoms with Crippen molar-refractivity contribution in [2.75, 3.05) is 18.8 Å². The van der Waals surface area contributed by atoms with Crippen molar-refractivity contribution in [2.24, 2.45) is 7.05 Å². The number of carbonyl (C=O) groups excluding carboxylic acids is 1. The summed E-state index contributed by atoms with van der Waals surface area (Å²) >= 11 is 1.39. The van der Waals surface area contributed by atoms with E-state index >= 15 is 0 Å². The van der Waals surface area contributed by atoms with Crippen molar-refractivity contribution >= 4 is 17.7 Å². The van der Waals surface area contributed by atoms with Crippen molar-refractivity contribution in [3.8, 4) is 11.6 Å². The lowest BCUT2D eigenvalue weighted by Gasteiger charge is -2.17. The second-order valence-electron chi connectivity index (χ2n) is 4.20. The number of hydrogen-bond acceptors (Lipinski definition) is 5. The van der Waals surface area contributed by atoms with Crippen LogP contribution in [0.4, 0.5) is 0 Å². The monoisotopic (exact) mass is 294 g/mol. The van der Waals surface area contributed by atoms with Gasteiger partial charge in [-0.1, -0.05) is 11.8 Å². The SMILES string of the molecule is CCN(CC)C(=O)CSc1nnc(-c2ccco2)n1C. The minimum Gasteiger partial charge on any atom is -0.461 e. The number of furan rings is 1. The Morgan fingerprint density at radius 2 is 2.15 bits per heavy atom. The number of carbonyl (C=O) groups is 1. The highest BCUT2D eigenvalue weighted by Crippen LogP contribution is 2.22. The number of amides is 1. The van der Waals surface area contributed by atoms with Crippen LogP contribution >= 0.6 is 11.8 Å². The summed E-state index contributed by atoms with van der Waals surface area (Å²) in [5, 5.41) is 8.90. The molecule has 2 aromatic heterocycles. The van der Waals surface area contributed by atoms with Gasteiger partial charge in [-0.3, -0.25) is 4.79 Å². The van der Waals surface area contributed by atoms with Gasteiger partial charge in [0.05, 0.1) is 12.0 Å². The highest BCUT2D eigenvalue weighted by Gasteiger charge is 2.16. The van der Waals surface area contributed by atoms with Crippen molar-refractivity contribution in [2.45, 2.75) is 19.0 Å². The maximum Gasteiger partial charge on any atom is 0.233 e. The summed E-state index contributed by atoms with van der Waals surface area (Å²) in [4.78, 5) is 13.8. The average Bonchev–Trinajstić information content (AvgIpc) is 3.07. The van der Waals surface area contributed by atoms with Crippen LogP contribution in [0.15, 0.2) is 28.0 Å². The van der Waals surface area contributed by atoms with E-state index in [4.69, 9.17) is 4.42 Å². The molecule has 0 aromatic carbocycles. The van der Waals surface area contributed by atoms with E-state index in [2.05, 4.69) is 10.2 Å². The first kappa shape index (κ1) is 14.6. The number of aromatic nitrogens is 3. The molecular formula is C13H18N4O2S. The third-order valence-electron chi connectivity index (χ3n) is 3.02. The Morgan fingerprint density at radius 1 is 1.40 bits per heavy atom. The molecule has 20 heavy (non-hydrogen) atoms. The van der Waals surface area contributed by atoms with E-state index in [0.717, 1.165) is 13.1 Å². The molecule has 0 fully saturated rings. The van der Waals surface area contributed by atoms with Crippen molar-refractivity contribution in [3.63, 3.8) is 0 Å². The summed E-state index contributed by atoms with van der Waals surface area (Å²) in [5.74, 6) is 1.81. The van der Waals surface area contributed by atoms with Gasteiger partial charge in [0.1, 0.15) is 0 Å². The van der Waals surface area contributed by atoms with Gasteiger partial charge >= 0.3 is 0 Å². The zero-order chi connectivity index (χ0) is 14.5. The summed E-state index contributed by atoms with van der Waals surface area (Å²) in [6.45, 7) is 5.41. The number of nitrogens with zero attached hydrogens (tertiary/aromatic N) is 4. The summed E-state index contributed by atoms with van der Waals surface area (Å²) < 4.78 is 7.14. The van der Waals surface area contributed by atoms with Gasteiger partial charge in [-0.15, -0.1) is 10.2 Å². The van der Waals surface area contributed by atoms with Gasteiger partial charge in [-0.05, 0) is 26.0 Å². The van der Waals surface area contributed by atoms with Crippen molar-refractivity contribution in [1.29, 1.82) is 0 Å². The molecule has 0 N–H and O–H groups in total. The molecule has 6 nitrogen and oxygen atoms in total. The molecule has 0 saturated heterocycles. The van der Waals surface area contributed by atoms with E-state index in [0.29, 0.717) is 22.5 Å². The number of thioether (sulfide) groups is 1. The van der Waals surface area contributed by atoms with Crippen LogP contribution in [-0.4, -0.2) is 44.4 Å². The molecule has 2 rings (SSSR count). The highest BCUT2D eigenvalue weighted by atomic mass is 32.2. The summed E-state index contributed by atoms with van der Waals surface area (Å²) in [6.07, 6.45) is 1.60. The van der Waals surface area contributed by atoms with E-state index in [1.165, 1.54) is 11.8 Å². The minimum absolute atomic E-state index is 0.113. The molecule has 0 bridgehead atoms. The largest absolute Gasteiger partial charge is 0.461 e. The summed E-state index contributed by atoms with van der Waals surface area (Å²) in [6, 6.07) is 3.64. The lowest BCUT2D eigenvalue weighted by atomic mass is 10.4. The average molecular weight is 294 g/mol. The van der Waals surface area contributed by atoms with E-state index in [1.54, 1.807) is 17.2 Å². The van der Waals surface area contributed by atoms with Crippen LogP contribution in [-0.2, 0) is 11.8 Å². The summed E-state index contributed by atoms with van der Waals surface area (Å²) in [7, 11) is 1.86. The zero-order valence-corrected chi connectivity index (χ0v) is 12.7. The van der Waals surface area contributed by atoms with Crippen molar-refractivity contribution in [1.82, 2.24) is 19.7 Å². The molecule has 0 aliphatic rings. The molecule has 0 saturated carbocycles. The number of hydrogen-bond donors (Lipinski definition) is 0. The van der Waals surface area contributed by atoms with E-state index in [1.807, 2.05) is 31.5 Å². The maximum absolute atomic E-state index is 12.0. The third-order valence-corrected chi connectivity index (χ3v) is 4.02. The molecule has 0 aliphatic heterocycles. The molecule has 0 radical (unpaired) electrons. The van der Waals surface area contributed by atoms with Crippen LogP contribution in [0.3, 0.4) is 0 Å². The van der Waals surface area contributed by atoms with Gasteiger partial charge in [0, 0.05) is 20.1 Å². The lowest BCUT2D eigenvalue weighted by Crippen LogP contribution is -2.31. The van der Waals surface area contributed by atoms with Gasteiger partial charge in [0.25, 0.3) is 0 Å². The quantitative estimate of drug-likeness (QED) is 0.763. The molecule has 0 aliphatic carbocycles. The van der Waals surface area contributed by atoms with Crippen LogP contribution < -0.4 is 0 Å². The van der Waals surface area contributed by atoms with Crippen molar-refractivity contribution in [3.05, 3.63) is 18.4 Å². The van der Waals surface area contributed by atoms with Crippen LogP contribution in [0.25, 0.3) is 11.6 Å². The fraction of sp³-hybridized carbons (Fsp3) is 0.462. The fourth-order valence-corrected chi connectivity index (χ4v) is 2.67. The van der Waals surface area contributed by atoms with Crippen LogP contribution in [0.5, 0.6) is 0 Å². The predicted molar refractivity (Wildman–Crippen MR) is 77.4 cm³/mol. The Labute approximate surface area is 122 Å². The Kier molecular flexibility index (Phi) is 4.84. The Balaban J connectivity index is 2.03. The van der Waals surface area contributed by atoms with Crippen LogP contribution in [0, 0.1) is 0 Å².